The number of nitrogens with zero attached hydrogens (tertiary/aromatic N) is 1. The van der Waals surface area contributed by atoms with Crippen molar-refractivity contribution in [3.05, 3.63) is 0 Å². The van der Waals surface area contributed by atoms with Crippen molar-refractivity contribution in [1.29, 1.82) is 0 Å². The Morgan fingerprint density at radius 3 is 2.84 bits per heavy atom. The van der Waals surface area contributed by atoms with Crippen LogP contribution in [0.1, 0.15) is 39.0 Å². The maximum absolute atomic E-state index is 12.4. The third-order valence-corrected chi connectivity index (χ3v) is 4.48. The quantitative estimate of drug-likeness (QED) is 0.801. The monoisotopic (exact) mass is 268 g/mol. The minimum atomic E-state index is -0.739. The summed E-state index contributed by atoms with van der Waals surface area (Å²) in [5.74, 6) is -0.547. The van der Waals surface area contributed by atoms with Crippen molar-refractivity contribution < 1.29 is 14.7 Å². The van der Waals surface area contributed by atoms with Gasteiger partial charge in [0.05, 0.1) is 11.3 Å². The van der Waals surface area contributed by atoms with Gasteiger partial charge in [0, 0.05) is 19.6 Å². The number of piperidine rings is 1. The Hall–Kier alpha value is -1.10. The molecular weight excluding hydrogens is 244 g/mol. The summed E-state index contributed by atoms with van der Waals surface area (Å²) in [7, 11) is 0. The fourth-order valence-electron chi connectivity index (χ4n) is 3.41. The van der Waals surface area contributed by atoms with E-state index < -0.39 is 11.4 Å². The number of rotatable bonds is 4. The highest BCUT2D eigenvalue weighted by Gasteiger charge is 2.43. The molecule has 0 spiro atoms. The van der Waals surface area contributed by atoms with Gasteiger partial charge in [-0.15, -0.1) is 0 Å². The molecule has 0 radical (unpaired) electrons. The molecular formula is C14H24N2O3. The lowest BCUT2D eigenvalue weighted by Gasteiger charge is -2.40. The topological polar surface area (TPSA) is 69.6 Å². The Kier molecular flexibility index (Phi) is 4.45. The van der Waals surface area contributed by atoms with E-state index in [1.807, 2.05) is 6.92 Å². The molecule has 19 heavy (non-hydrogen) atoms. The van der Waals surface area contributed by atoms with Crippen molar-refractivity contribution in [2.75, 3.05) is 26.2 Å². The molecule has 0 aromatic carbocycles. The minimum Gasteiger partial charge on any atom is -0.481 e. The van der Waals surface area contributed by atoms with Crippen molar-refractivity contribution in [2.24, 2.45) is 11.3 Å². The number of aliphatic carboxylic acids is 1. The first-order valence-corrected chi connectivity index (χ1v) is 7.32. The molecule has 0 aromatic heterocycles. The zero-order chi connectivity index (χ0) is 13.9. The van der Waals surface area contributed by atoms with Crippen LogP contribution in [0.2, 0.25) is 0 Å². The Morgan fingerprint density at radius 2 is 2.26 bits per heavy atom. The minimum absolute atomic E-state index is 0.0474. The molecule has 2 atom stereocenters. The van der Waals surface area contributed by atoms with Gasteiger partial charge in [-0.05, 0) is 32.2 Å². The molecule has 2 unspecified atom stereocenters. The summed E-state index contributed by atoms with van der Waals surface area (Å²) in [5, 5.41) is 12.7. The first kappa shape index (κ1) is 14.3. The fourth-order valence-corrected chi connectivity index (χ4v) is 3.41. The van der Waals surface area contributed by atoms with E-state index >= 15 is 0 Å². The Balaban J connectivity index is 2.06. The normalized spacial score (nSPS) is 31.4. The lowest BCUT2D eigenvalue weighted by Crippen LogP contribution is -2.51. The second-order valence-electron chi connectivity index (χ2n) is 5.89. The summed E-state index contributed by atoms with van der Waals surface area (Å²) < 4.78 is 0. The van der Waals surface area contributed by atoms with Crippen LogP contribution in [0.25, 0.3) is 0 Å². The maximum atomic E-state index is 12.4. The van der Waals surface area contributed by atoms with Gasteiger partial charge in [0.25, 0.3) is 0 Å². The lowest BCUT2D eigenvalue weighted by atomic mass is 9.76. The van der Waals surface area contributed by atoms with E-state index in [1.54, 1.807) is 4.90 Å². The van der Waals surface area contributed by atoms with Gasteiger partial charge in [0.15, 0.2) is 0 Å². The molecule has 108 valence electrons. The van der Waals surface area contributed by atoms with Crippen LogP contribution < -0.4 is 5.32 Å². The molecule has 0 aromatic rings. The first-order chi connectivity index (χ1) is 9.09. The largest absolute Gasteiger partial charge is 0.481 e. The molecule has 0 bridgehead atoms. The summed E-state index contributed by atoms with van der Waals surface area (Å²) in [6, 6.07) is 0. The number of carbonyl (C=O) groups excluding carboxylic acids is 1. The van der Waals surface area contributed by atoms with Crippen LogP contribution in [-0.2, 0) is 9.59 Å². The van der Waals surface area contributed by atoms with Gasteiger partial charge >= 0.3 is 5.97 Å². The van der Waals surface area contributed by atoms with Crippen LogP contribution in [0.5, 0.6) is 0 Å². The number of carboxylic acids is 1. The van der Waals surface area contributed by atoms with E-state index in [0.717, 1.165) is 32.4 Å². The predicted molar refractivity (Wildman–Crippen MR) is 71.8 cm³/mol. The highest BCUT2D eigenvalue weighted by atomic mass is 16.4. The summed E-state index contributed by atoms with van der Waals surface area (Å²) in [6.45, 7) is 4.75. The van der Waals surface area contributed by atoms with Gasteiger partial charge in [-0.1, -0.05) is 13.3 Å². The number of nitrogens with one attached hydrogen (secondary N) is 1. The second kappa shape index (κ2) is 5.90. The molecule has 2 aliphatic heterocycles. The Bertz CT molecular complexity index is 349. The van der Waals surface area contributed by atoms with Gasteiger partial charge in [0.2, 0.25) is 5.91 Å². The third kappa shape index (κ3) is 2.91. The molecule has 5 heteroatoms. The van der Waals surface area contributed by atoms with Gasteiger partial charge in [-0.3, -0.25) is 9.59 Å². The second-order valence-corrected chi connectivity index (χ2v) is 5.89. The summed E-state index contributed by atoms with van der Waals surface area (Å²) in [6.07, 6.45) is 3.89. The van der Waals surface area contributed by atoms with Crippen molar-refractivity contribution >= 4 is 11.9 Å². The Morgan fingerprint density at radius 1 is 1.47 bits per heavy atom. The van der Waals surface area contributed by atoms with Crippen LogP contribution in [0.4, 0.5) is 0 Å². The fraction of sp³-hybridized carbons (Fsp3) is 0.857. The summed E-state index contributed by atoms with van der Waals surface area (Å²) in [5.41, 5.74) is -0.714. The first-order valence-electron chi connectivity index (χ1n) is 7.32. The average Bonchev–Trinajstić information content (AvgIpc) is 2.92. The van der Waals surface area contributed by atoms with Crippen molar-refractivity contribution in [3.63, 3.8) is 0 Å². The number of hydrogen-bond acceptors (Lipinski definition) is 3. The highest BCUT2D eigenvalue weighted by Crippen LogP contribution is 2.35. The smallest absolute Gasteiger partial charge is 0.311 e. The molecule has 2 fully saturated rings. The van der Waals surface area contributed by atoms with Crippen LogP contribution in [0, 0.1) is 11.3 Å². The predicted octanol–water partition coefficient (Wildman–Crippen LogP) is 1.09. The molecule has 1 amide bonds. The lowest BCUT2D eigenvalue weighted by molar-refractivity contribution is -0.156. The van der Waals surface area contributed by atoms with Crippen molar-refractivity contribution in [3.8, 4) is 0 Å². The van der Waals surface area contributed by atoms with Crippen LogP contribution in [0.3, 0.4) is 0 Å². The molecule has 5 nitrogen and oxygen atoms in total. The number of likely N-dealkylation sites (tertiary alicyclic amines) is 1. The zero-order valence-electron chi connectivity index (χ0n) is 11.7. The highest BCUT2D eigenvalue weighted by molar-refractivity contribution is 5.81. The number of hydrogen-bond donors (Lipinski definition) is 2. The van der Waals surface area contributed by atoms with E-state index in [-0.39, 0.29) is 11.8 Å². The summed E-state index contributed by atoms with van der Waals surface area (Å²) in [4.78, 5) is 25.8. The van der Waals surface area contributed by atoms with Gasteiger partial charge in [-0.25, -0.2) is 0 Å². The SMILES string of the molecule is CCCC1(C(=O)O)CCCN(C(=O)C2CCNC2)C1. The van der Waals surface area contributed by atoms with Crippen molar-refractivity contribution in [2.45, 2.75) is 39.0 Å². The molecule has 2 N–H and O–H groups in total. The van der Waals surface area contributed by atoms with E-state index in [0.29, 0.717) is 25.9 Å². The molecule has 0 saturated carbocycles. The average molecular weight is 268 g/mol. The van der Waals surface area contributed by atoms with Crippen LogP contribution >= 0.6 is 0 Å². The van der Waals surface area contributed by atoms with Gasteiger partial charge in [-0.2, -0.15) is 0 Å². The van der Waals surface area contributed by atoms with Crippen molar-refractivity contribution in [1.82, 2.24) is 10.2 Å². The zero-order valence-corrected chi connectivity index (χ0v) is 11.7. The van der Waals surface area contributed by atoms with E-state index in [1.165, 1.54) is 0 Å². The standard InChI is InChI=1S/C14H24N2O3/c1-2-5-14(13(18)19)6-3-8-16(10-14)12(17)11-4-7-15-9-11/h11,15H,2-10H2,1H3,(H,18,19). The number of carboxylic acid groups (broad SMARTS) is 1. The maximum Gasteiger partial charge on any atom is 0.311 e. The van der Waals surface area contributed by atoms with E-state index in [4.69, 9.17) is 0 Å². The van der Waals surface area contributed by atoms with Crippen LogP contribution in [-0.4, -0.2) is 48.1 Å². The third-order valence-electron chi connectivity index (χ3n) is 4.48. The number of carbonyl (C=O) groups is 2. The molecule has 2 rings (SSSR count). The molecule has 2 heterocycles. The summed E-state index contributed by atoms with van der Waals surface area (Å²) >= 11 is 0. The molecule has 0 aliphatic carbocycles. The molecule has 2 saturated heterocycles. The van der Waals surface area contributed by atoms with Crippen LogP contribution in [0.15, 0.2) is 0 Å². The Labute approximate surface area is 114 Å². The molecule has 2 aliphatic rings. The van der Waals surface area contributed by atoms with Gasteiger partial charge < -0.3 is 15.3 Å². The van der Waals surface area contributed by atoms with Gasteiger partial charge in [0.1, 0.15) is 0 Å². The number of amides is 1. The van der Waals surface area contributed by atoms with E-state index in [2.05, 4.69) is 5.32 Å². The van der Waals surface area contributed by atoms with E-state index in [9.17, 15) is 14.7 Å².